The maximum absolute atomic E-state index is 5.00. The van der Waals surface area contributed by atoms with Gasteiger partial charge in [0.25, 0.3) is 0 Å². The molecule has 0 atom stereocenters. The van der Waals surface area contributed by atoms with Crippen LogP contribution in [0.3, 0.4) is 0 Å². The van der Waals surface area contributed by atoms with Gasteiger partial charge in [-0.15, -0.1) is 0 Å². The molecule has 0 aromatic rings. The molecule has 4 heteroatoms. The first-order valence-corrected chi connectivity index (χ1v) is 5.97. The van der Waals surface area contributed by atoms with Gasteiger partial charge in [-0.1, -0.05) is 0 Å². The maximum Gasteiger partial charge on any atom is 0.191 e. The van der Waals surface area contributed by atoms with Crippen molar-refractivity contribution in [2.45, 2.75) is 45.6 Å². The van der Waals surface area contributed by atoms with E-state index in [0.717, 1.165) is 32.0 Å². The van der Waals surface area contributed by atoms with Gasteiger partial charge in [0.15, 0.2) is 5.96 Å². The Labute approximate surface area is 99.9 Å². The first kappa shape index (κ1) is 15.2. The third-order valence-electron chi connectivity index (χ3n) is 2.03. The zero-order valence-corrected chi connectivity index (χ0v) is 11.4. The number of ether oxygens (including phenoxy) is 1. The van der Waals surface area contributed by atoms with Gasteiger partial charge >= 0.3 is 0 Å². The monoisotopic (exact) mass is 229 g/mol. The molecule has 0 aliphatic rings. The van der Waals surface area contributed by atoms with Crippen molar-refractivity contribution in [3.8, 4) is 0 Å². The summed E-state index contributed by atoms with van der Waals surface area (Å²) in [4.78, 5) is 4.18. The molecular formula is C12H27N3O. The smallest absolute Gasteiger partial charge is 0.191 e. The number of unbranched alkanes of at least 4 members (excludes halogenated alkanes) is 2. The fourth-order valence-electron chi connectivity index (χ4n) is 1.29. The van der Waals surface area contributed by atoms with Crippen molar-refractivity contribution in [1.82, 2.24) is 10.6 Å². The van der Waals surface area contributed by atoms with Crippen molar-refractivity contribution in [3.05, 3.63) is 0 Å². The SMILES string of the molecule is CN=C(NCCCCCOC)NC(C)(C)C. The lowest BCUT2D eigenvalue weighted by Crippen LogP contribution is -2.47. The largest absolute Gasteiger partial charge is 0.385 e. The van der Waals surface area contributed by atoms with E-state index in [-0.39, 0.29) is 5.54 Å². The summed E-state index contributed by atoms with van der Waals surface area (Å²) in [5.41, 5.74) is 0.0535. The molecule has 0 aliphatic carbocycles. The molecule has 0 unspecified atom stereocenters. The van der Waals surface area contributed by atoms with Crippen molar-refractivity contribution >= 4 is 5.96 Å². The third kappa shape index (κ3) is 9.77. The average molecular weight is 229 g/mol. The average Bonchev–Trinajstić information content (AvgIpc) is 2.19. The van der Waals surface area contributed by atoms with E-state index < -0.39 is 0 Å². The first-order chi connectivity index (χ1) is 7.49. The van der Waals surface area contributed by atoms with Crippen LogP contribution in [0.4, 0.5) is 0 Å². The molecule has 0 fully saturated rings. The number of aliphatic imine (C=N–C) groups is 1. The maximum atomic E-state index is 5.00. The van der Waals surface area contributed by atoms with Crippen molar-refractivity contribution < 1.29 is 4.74 Å². The predicted octanol–water partition coefficient (Wildman–Crippen LogP) is 1.77. The summed E-state index contributed by atoms with van der Waals surface area (Å²) in [5, 5.41) is 6.62. The summed E-state index contributed by atoms with van der Waals surface area (Å²) in [6, 6.07) is 0. The fourth-order valence-corrected chi connectivity index (χ4v) is 1.29. The lowest BCUT2D eigenvalue weighted by Gasteiger charge is -2.23. The van der Waals surface area contributed by atoms with Crippen LogP contribution in [0, 0.1) is 0 Å². The fraction of sp³-hybridized carbons (Fsp3) is 0.917. The molecular weight excluding hydrogens is 202 g/mol. The summed E-state index contributed by atoms with van der Waals surface area (Å²) in [5.74, 6) is 0.874. The number of rotatable bonds is 6. The van der Waals surface area contributed by atoms with Gasteiger partial charge < -0.3 is 15.4 Å². The van der Waals surface area contributed by atoms with E-state index in [4.69, 9.17) is 4.74 Å². The zero-order chi connectivity index (χ0) is 12.4. The van der Waals surface area contributed by atoms with Crippen molar-refractivity contribution in [1.29, 1.82) is 0 Å². The number of hydrogen-bond acceptors (Lipinski definition) is 2. The molecule has 96 valence electrons. The highest BCUT2D eigenvalue weighted by atomic mass is 16.5. The van der Waals surface area contributed by atoms with Crippen LogP contribution >= 0.6 is 0 Å². The van der Waals surface area contributed by atoms with Gasteiger partial charge in [-0.25, -0.2) is 0 Å². The summed E-state index contributed by atoms with van der Waals surface area (Å²) in [7, 11) is 3.54. The Hall–Kier alpha value is -0.770. The summed E-state index contributed by atoms with van der Waals surface area (Å²) in [6.07, 6.45) is 3.46. The molecule has 0 rings (SSSR count). The molecule has 0 spiro atoms. The highest BCUT2D eigenvalue weighted by Gasteiger charge is 2.10. The van der Waals surface area contributed by atoms with Crippen molar-refractivity contribution in [2.24, 2.45) is 4.99 Å². The van der Waals surface area contributed by atoms with E-state index >= 15 is 0 Å². The molecule has 0 aromatic heterocycles. The molecule has 16 heavy (non-hydrogen) atoms. The Bertz CT molecular complexity index is 197. The van der Waals surface area contributed by atoms with Crippen LogP contribution in [-0.2, 0) is 4.74 Å². The molecule has 0 aliphatic heterocycles. The normalized spacial score (nSPS) is 12.7. The highest BCUT2D eigenvalue weighted by molar-refractivity contribution is 5.80. The topological polar surface area (TPSA) is 45.7 Å². The standard InChI is InChI=1S/C12H27N3O/c1-12(2,3)15-11(13-4)14-9-7-6-8-10-16-5/h6-10H2,1-5H3,(H2,13,14,15). The van der Waals surface area contributed by atoms with Gasteiger partial charge in [0, 0.05) is 32.8 Å². The predicted molar refractivity (Wildman–Crippen MR) is 70.0 cm³/mol. The van der Waals surface area contributed by atoms with Gasteiger partial charge in [0.2, 0.25) is 0 Å². The first-order valence-electron chi connectivity index (χ1n) is 5.97. The second-order valence-corrected chi connectivity index (χ2v) is 4.93. The lowest BCUT2D eigenvalue weighted by atomic mass is 10.1. The van der Waals surface area contributed by atoms with E-state index in [2.05, 4.69) is 36.4 Å². The van der Waals surface area contributed by atoms with Gasteiger partial charge in [-0.05, 0) is 40.0 Å². The van der Waals surface area contributed by atoms with Crippen LogP contribution in [0.1, 0.15) is 40.0 Å². The van der Waals surface area contributed by atoms with Crippen LogP contribution in [0.25, 0.3) is 0 Å². The minimum absolute atomic E-state index is 0.0535. The molecule has 0 amide bonds. The van der Waals surface area contributed by atoms with E-state index in [1.165, 1.54) is 6.42 Å². The number of guanidine groups is 1. The van der Waals surface area contributed by atoms with E-state index in [9.17, 15) is 0 Å². The second-order valence-electron chi connectivity index (χ2n) is 4.93. The molecule has 0 saturated heterocycles. The number of nitrogens with one attached hydrogen (secondary N) is 2. The Balaban J connectivity index is 3.58. The van der Waals surface area contributed by atoms with Gasteiger partial charge in [-0.3, -0.25) is 4.99 Å². The minimum Gasteiger partial charge on any atom is -0.385 e. The molecule has 0 radical (unpaired) electrons. The summed E-state index contributed by atoms with van der Waals surface area (Å²) >= 11 is 0. The van der Waals surface area contributed by atoms with E-state index in [1.54, 1.807) is 14.2 Å². The minimum atomic E-state index is 0.0535. The van der Waals surface area contributed by atoms with Crippen LogP contribution < -0.4 is 10.6 Å². The van der Waals surface area contributed by atoms with Gasteiger partial charge in [0.05, 0.1) is 0 Å². The van der Waals surface area contributed by atoms with Crippen molar-refractivity contribution in [3.63, 3.8) is 0 Å². The summed E-state index contributed by atoms with van der Waals surface area (Å²) < 4.78 is 5.00. The van der Waals surface area contributed by atoms with Crippen LogP contribution in [0.5, 0.6) is 0 Å². The van der Waals surface area contributed by atoms with Crippen LogP contribution in [0.2, 0.25) is 0 Å². The lowest BCUT2D eigenvalue weighted by molar-refractivity contribution is 0.192. The molecule has 2 N–H and O–H groups in total. The molecule has 4 nitrogen and oxygen atoms in total. The number of hydrogen-bond donors (Lipinski definition) is 2. The van der Waals surface area contributed by atoms with E-state index in [1.807, 2.05) is 0 Å². The summed E-state index contributed by atoms with van der Waals surface area (Å²) in [6.45, 7) is 8.18. The Morgan fingerprint density at radius 2 is 1.88 bits per heavy atom. The van der Waals surface area contributed by atoms with Gasteiger partial charge in [-0.2, -0.15) is 0 Å². The number of methoxy groups -OCH3 is 1. The molecule has 0 heterocycles. The Kier molecular flexibility index (Phi) is 7.99. The Morgan fingerprint density at radius 1 is 1.19 bits per heavy atom. The molecule has 0 saturated carbocycles. The highest BCUT2D eigenvalue weighted by Crippen LogP contribution is 1.98. The number of nitrogens with zero attached hydrogens (tertiary/aromatic N) is 1. The van der Waals surface area contributed by atoms with Gasteiger partial charge in [0.1, 0.15) is 0 Å². The second kappa shape index (κ2) is 8.39. The van der Waals surface area contributed by atoms with Crippen LogP contribution in [-0.4, -0.2) is 38.8 Å². The zero-order valence-electron chi connectivity index (χ0n) is 11.4. The molecule has 0 aromatic carbocycles. The van der Waals surface area contributed by atoms with Crippen LogP contribution in [0.15, 0.2) is 4.99 Å². The molecule has 0 bridgehead atoms. The third-order valence-corrected chi connectivity index (χ3v) is 2.03. The Morgan fingerprint density at radius 3 is 2.38 bits per heavy atom. The van der Waals surface area contributed by atoms with E-state index in [0.29, 0.717) is 0 Å². The quantitative estimate of drug-likeness (QED) is 0.414. The van der Waals surface area contributed by atoms with Crippen molar-refractivity contribution in [2.75, 3.05) is 27.3 Å².